The summed E-state index contributed by atoms with van der Waals surface area (Å²) in [5.41, 5.74) is 0.638. The van der Waals surface area contributed by atoms with E-state index in [0.717, 1.165) is 19.1 Å². The lowest BCUT2D eigenvalue weighted by Crippen LogP contribution is -2.27. The predicted octanol–water partition coefficient (Wildman–Crippen LogP) is 1.81. The topological polar surface area (TPSA) is 136 Å². The molecule has 0 unspecified atom stereocenters. The van der Waals surface area contributed by atoms with Gasteiger partial charge in [0.2, 0.25) is 15.9 Å². The Bertz CT molecular complexity index is 1480. The molecule has 4 rings (SSSR count). The van der Waals surface area contributed by atoms with Crippen LogP contribution < -0.4 is 11.1 Å². The lowest BCUT2D eigenvalue weighted by Gasteiger charge is -2.15. The summed E-state index contributed by atoms with van der Waals surface area (Å²) in [6, 6.07) is 10.3. The Morgan fingerprint density at radius 2 is 1.76 bits per heavy atom. The maximum atomic E-state index is 12.8. The number of hydrogen-bond donors (Lipinski definition) is 1. The summed E-state index contributed by atoms with van der Waals surface area (Å²) in [6.07, 6.45) is 2.54. The van der Waals surface area contributed by atoms with E-state index in [-0.39, 0.29) is 34.0 Å². The van der Waals surface area contributed by atoms with Crippen molar-refractivity contribution in [3.8, 4) is 0 Å². The van der Waals surface area contributed by atoms with E-state index < -0.39 is 31.5 Å². The highest BCUT2D eigenvalue weighted by Gasteiger charge is 2.28. The highest BCUT2D eigenvalue weighted by atomic mass is 32.2. The minimum atomic E-state index is -3.66. The molecule has 0 saturated carbocycles. The second kappa shape index (κ2) is 8.76. The van der Waals surface area contributed by atoms with Crippen molar-refractivity contribution in [3.63, 3.8) is 0 Å². The number of aromatic nitrogens is 1. The first-order valence-electron chi connectivity index (χ1n) is 10.3. The van der Waals surface area contributed by atoms with E-state index in [9.17, 15) is 26.4 Å². The van der Waals surface area contributed by atoms with Crippen LogP contribution in [0.5, 0.6) is 0 Å². The standard InChI is InChI=1S/C21H23N3O7S2/c1-32(27,28)19-7-3-2-6-16(19)22-20(25)10-13-24-17-9-8-15(14-18(17)31-21(24)26)33(29,30)23-11-4-5-12-23/h2-3,6-9,14H,4-5,10-13H2,1H3,(H,22,25). The zero-order valence-corrected chi connectivity index (χ0v) is 19.5. The van der Waals surface area contributed by atoms with Gasteiger partial charge < -0.3 is 9.73 Å². The fourth-order valence-electron chi connectivity index (χ4n) is 3.82. The van der Waals surface area contributed by atoms with Crippen LogP contribution in [0.1, 0.15) is 19.3 Å². The van der Waals surface area contributed by atoms with E-state index in [2.05, 4.69) is 5.32 Å². The van der Waals surface area contributed by atoms with Crippen LogP contribution in [-0.2, 0) is 31.2 Å². The average Bonchev–Trinajstić information content (AvgIpc) is 3.39. The summed E-state index contributed by atoms with van der Waals surface area (Å²) in [7, 11) is -7.19. The Morgan fingerprint density at radius 1 is 1.06 bits per heavy atom. The zero-order chi connectivity index (χ0) is 23.8. The normalized spacial score (nSPS) is 15.2. The van der Waals surface area contributed by atoms with E-state index in [1.165, 1.54) is 39.2 Å². The molecule has 3 aromatic rings. The fourth-order valence-corrected chi connectivity index (χ4v) is 6.19. The van der Waals surface area contributed by atoms with E-state index in [1.807, 2.05) is 0 Å². The molecule has 1 N–H and O–H groups in total. The molecule has 0 bridgehead atoms. The van der Waals surface area contributed by atoms with Crippen molar-refractivity contribution in [2.75, 3.05) is 24.7 Å². The summed E-state index contributed by atoms with van der Waals surface area (Å²) in [6.45, 7) is 0.892. The largest absolute Gasteiger partial charge is 0.419 e. The highest BCUT2D eigenvalue weighted by molar-refractivity contribution is 7.91. The Hall–Kier alpha value is -2.96. The molecule has 176 valence electrons. The monoisotopic (exact) mass is 493 g/mol. The number of anilines is 1. The number of carbonyl (C=O) groups is 1. The first-order valence-corrected chi connectivity index (χ1v) is 13.6. The van der Waals surface area contributed by atoms with Gasteiger partial charge in [-0.3, -0.25) is 9.36 Å². The SMILES string of the molecule is CS(=O)(=O)c1ccccc1NC(=O)CCn1c(=O)oc2cc(S(=O)(=O)N3CCCC3)ccc21. The van der Waals surface area contributed by atoms with E-state index in [1.54, 1.807) is 12.1 Å². The molecule has 1 aromatic heterocycles. The quantitative estimate of drug-likeness (QED) is 0.530. The summed E-state index contributed by atoms with van der Waals surface area (Å²) in [5.74, 6) is -1.20. The van der Waals surface area contributed by atoms with Crippen LogP contribution in [0.15, 0.2) is 61.5 Å². The molecule has 0 aliphatic carbocycles. The maximum Gasteiger partial charge on any atom is 0.419 e. The third kappa shape index (κ3) is 4.72. The van der Waals surface area contributed by atoms with Gasteiger partial charge in [-0.1, -0.05) is 12.1 Å². The van der Waals surface area contributed by atoms with Crippen LogP contribution in [0.2, 0.25) is 0 Å². The van der Waals surface area contributed by atoms with Crippen molar-refractivity contribution in [2.24, 2.45) is 0 Å². The smallest absolute Gasteiger partial charge is 0.408 e. The summed E-state index contributed by atoms with van der Waals surface area (Å²) in [5, 5.41) is 2.56. The number of amides is 1. The Balaban J connectivity index is 1.52. The lowest BCUT2D eigenvalue weighted by atomic mass is 10.3. The van der Waals surface area contributed by atoms with Crippen LogP contribution in [0.3, 0.4) is 0 Å². The van der Waals surface area contributed by atoms with E-state index in [0.29, 0.717) is 18.6 Å². The minimum Gasteiger partial charge on any atom is -0.408 e. The maximum absolute atomic E-state index is 12.8. The number of para-hydroxylation sites is 1. The fraction of sp³-hybridized carbons (Fsp3) is 0.333. The van der Waals surface area contributed by atoms with Crippen LogP contribution in [0, 0.1) is 0 Å². The van der Waals surface area contributed by atoms with Gasteiger partial charge in [-0.05, 0) is 37.1 Å². The Labute approximate surface area is 190 Å². The lowest BCUT2D eigenvalue weighted by molar-refractivity contribution is -0.116. The molecule has 2 aromatic carbocycles. The molecule has 1 aliphatic heterocycles. The van der Waals surface area contributed by atoms with Crippen molar-refractivity contribution in [1.29, 1.82) is 0 Å². The Morgan fingerprint density at radius 3 is 2.45 bits per heavy atom. The molecule has 12 heteroatoms. The van der Waals surface area contributed by atoms with E-state index in [4.69, 9.17) is 4.42 Å². The number of hydrogen-bond acceptors (Lipinski definition) is 7. The van der Waals surface area contributed by atoms with Gasteiger partial charge >= 0.3 is 5.76 Å². The molecule has 2 heterocycles. The highest BCUT2D eigenvalue weighted by Crippen LogP contribution is 2.25. The third-order valence-corrected chi connectivity index (χ3v) is 8.52. The number of carbonyl (C=O) groups excluding carboxylic acids is 1. The number of nitrogens with one attached hydrogen (secondary N) is 1. The number of rotatable bonds is 7. The van der Waals surface area contributed by atoms with Gasteiger partial charge in [-0.25, -0.2) is 21.6 Å². The second-order valence-electron chi connectivity index (χ2n) is 7.83. The van der Waals surface area contributed by atoms with Gasteiger partial charge in [0.1, 0.15) is 0 Å². The van der Waals surface area contributed by atoms with Gasteiger partial charge in [0.25, 0.3) is 0 Å². The number of aryl methyl sites for hydroxylation is 1. The van der Waals surface area contributed by atoms with Gasteiger partial charge in [0, 0.05) is 38.4 Å². The number of benzene rings is 2. The van der Waals surface area contributed by atoms with Crippen LogP contribution in [0.25, 0.3) is 11.1 Å². The Kier molecular flexibility index (Phi) is 6.16. The summed E-state index contributed by atoms with van der Waals surface area (Å²) in [4.78, 5) is 24.8. The van der Waals surface area contributed by atoms with Crippen LogP contribution >= 0.6 is 0 Å². The van der Waals surface area contributed by atoms with Crippen LogP contribution in [0.4, 0.5) is 5.69 Å². The van der Waals surface area contributed by atoms with Gasteiger partial charge in [-0.15, -0.1) is 0 Å². The number of sulfonamides is 1. The molecule has 1 saturated heterocycles. The van der Waals surface area contributed by atoms with Crippen molar-refractivity contribution < 1.29 is 26.0 Å². The zero-order valence-electron chi connectivity index (χ0n) is 17.9. The van der Waals surface area contributed by atoms with Gasteiger partial charge in [-0.2, -0.15) is 4.31 Å². The summed E-state index contributed by atoms with van der Waals surface area (Å²) < 4.78 is 57.2. The molecule has 1 aliphatic rings. The number of oxazole rings is 1. The van der Waals surface area contributed by atoms with Crippen molar-refractivity contribution in [3.05, 3.63) is 53.0 Å². The molecule has 33 heavy (non-hydrogen) atoms. The number of fused-ring (bicyclic) bond motifs is 1. The molecule has 1 fully saturated rings. The molecular formula is C21H23N3O7S2. The molecule has 10 nitrogen and oxygen atoms in total. The van der Waals surface area contributed by atoms with Gasteiger partial charge in [0.05, 0.1) is 21.0 Å². The third-order valence-electron chi connectivity index (χ3n) is 5.47. The van der Waals surface area contributed by atoms with Gasteiger partial charge in [0.15, 0.2) is 15.4 Å². The molecular weight excluding hydrogens is 470 g/mol. The van der Waals surface area contributed by atoms with Crippen molar-refractivity contribution in [2.45, 2.75) is 35.6 Å². The minimum absolute atomic E-state index is 0.00369. The molecule has 1 amide bonds. The average molecular weight is 494 g/mol. The molecule has 0 atom stereocenters. The predicted molar refractivity (Wildman–Crippen MR) is 121 cm³/mol. The van der Waals surface area contributed by atoms with Crippen molar-refractivity contribution in [1.82, 2.24) is 8.87 Å². The summed E-state index contributed by atoms with van der Waals surface area (Å²) >= 11 is 0. The van der Waals surface area contributed by atoms with Crippen LogP contribution in [-0.4, -0.2) is 51.0 Å². The first-order chi connectivity index (χ1) is 15.6. The van der Waals surface area contributed by atoms with E-state index >= 15 is 0 Å². The number of nitrogens with zero attached hydrogens (tertiary/aromatic N) is 2. The molecule has 0 radical (unpaired) electrons. The van der Waals surface area contributed by atoms with Crippen molar-refractivity contribution >= 4 is 42.6 Å². The first kappa shape index (κ1) is 23.2. The second-order valence-corrected chi connectivity index (χ2v) is 11.7. The molecule has 0 spiro atoms. The number of sulfone groups is 1.